The third kappa shape index (κ3) is 5.58. The maximum absolute atomic E-state index is 13.2. The number of nitrogens with two attached hydrogens (primary N) is 1. The Morgan fingerprint density at radius 2 is 1.61 bits per heavy atom. The Hall–Kier alpha value is -2.10. The predicted molar refractivity (Wildman–Crippen MR) is 104 cm³/mol. The van der Waals surface area contributed by atoms with Crippen molar-refractivity contribution in [2.75, 3.05) is 13.2 Å². The molecule has 2 unspecified atom stereocenters. The van der Waals surface area contributed by atoms with Gasteiger partial charge in [0.05, 0.1) is 29.4 Å². The van der Waals surface area contributed by atoms with E-state index in [0.29, 0.717) is 31.5 Å². The Balaban J connectivity index is 1.87. The highest BCUT2D eigenvalue weighted by atomic mass is 19.4. The van der Waals surface area contributed by atoms with Crippen LogP contribution in [0, 0.1) is 0 Å². The van der Waals surface area contributed by atoms with Gasteiger partial charge in [-0.2, -0.15) is 26.3 Å². The Bertz CT molecular complexity index is 842. The summed E-state index contributed by atoms with van der Waals surface area (Å²) in [4.78, 5) is 0. The van der Waals surface area contributed by atoms with Crippen LogP contribution in [0.2, 0.25) is 0 Å². The van der Waals surface area contributed by atoms with Gasteiger partial charge in [0, 0.05) is 12.6 Å². The minimum absolute atomic E-state index is 0.0351. The SMILES string of the molecule is CC(OC[C@@]1(c2ccccc2)CCC(N)CN1)c1cc(C(F)(F)F)cc(C(F)(F)F)c1. The van der Waals surface area contributed by atoms with Crippen molar-refractivity contribution in [2.45, 2.75) is 49.8 Å². The van der Waals surface area contributed by atoms with Gasteiger partial charge in [0.15, 0.2) is 0 Å². The Morgan fingerprint density at radius 3 is 2.10 bits per heavy atom. The lowest BCUT2D eigenvalue weighted by Crippen LogP contribution is -2.55. The summed E-state index contributed by atoms with van der Waals surface area (Å²) in [6, 6.07) is 10.9. The molecule has 2 aromatic rings. The molecule has 1 aliphatic heterocycles. The van der Waals surface area contributed by atoms with E-state index in [1.54, 1.807) is 0 Å². The zero-order valence-corrected chi connectivity index (χ0v) is 16.9. The zero-order valence-electron chi connectivity index (χ0n) is 16.9. The normalized spacial score (nSPS) is 23.5. The lowest BCUT2D eigenvalue weighted by atomic mass is 9.81. The number of halogens is 6. The molecule has 2 aromatic carbocycles. The molecule has 3 nitrogen and oxygen atoms in total. The summed E-state index contributed by atoms with van der Waals surface area (Å²) in [5, 5.41) is 3.37. The first-order chi connectivity index (χ1) is 14.4. The number of ether oxygens (including phenoxy) is 1. The third-order valence-corrected chi connectivity index (χ3v) is 5.63. The fourth-order valence-electron chi connectivity index (χ4n) is 3.74. The molecule has 0 radical (unpaired) electrons. The maximum Gasteiger partial charge on any atom is 0.416 e. The molecule has 3 atom stereocenters. The minimum atomic E-state index is -4.90. The zero-order chi connectivity index (χ0) is 22.9. The monoisotopic (exact) mass is 446 g/mol. The molecular formula is C22H24F6N2O. The molecule has 170 valence electrons. The van der Waals surface area contributed by atoms with Crippen LogP contribution in [0.15, 0.2) is 48.5 Å². The lowest BCUT2D eigenvalue weighted by molar-refractivity contribution is -0.143. The van der Waals surface area contributed by atoms with Gasteiger partial charge in [-0.05, 0) is 49.1 Å². The quantitative estimate of drug-likeness (QED) is 0.604. The average Bonchev–Trinajstić information content (AvgIpc) is 2.72. The molecule has 0 aromatic heterocycles. The summed E-state index contributed by atoms with van der Waals surface area (Å²) in [6.07, 6.45) is -9.45. The van der Waals surface area contributed by atoms with Gasteiger partial charge in [-0.1, -0.05) is 30.3 Å². The number of alkyl halides is 6. The van der Waals surface area contributed by atoms with Gasteiger partial charge in [0.2, 0.25) is 0 Å². The standard InChI is InChI=1S/C22H24F6N2O/c1-14(15-9-17(21(23,24)25)11-18(10-15)22(26,27)28)31-13-20(8-7-19(29)12-30-20)16-5-3-2-4-6-16/h2-6,9-11,14,19,30H,7-8,12-13,29H2,1H3/t14?,19?,20-/m1/s1. The highest BCUT2D eigenvalue weighted by Gasteiger charge is 2.39. The lowest BCUT2D eigenvalue weighted by Gasteiger charge is -2.41. The Kier molecular flexibility index (Phi) is 6.69. The third-order valence-electron chi connectivity index (χ3n) is 5.63. The van der Waals surface area contributed by atoms with E-state index < -0.39 is 35.1 Å². The summed E-state index contributed by atoms with van der Waals surface area (Å²) >= 11 is 0. The second kappa shape index (κ2) is 8.80. The predicted octanol–water partition coefficient (Wildman–Crippen LogP) is 5.41. The van der Waals surface area contributed by atoms with Crippen molar-refractivity contribution in [3.05, 3.63) is 70.8 Å². The van der Waals surface area contributed by atoms with Gasteiger partial charge in [0.25, 0.3) is 0 Å². The molecule has 3 N–H and O–H groups in total. The maximum atomic E-state index is 13.2. The fourth-order valence-corrected chi connectivity index (χ4v) is 3.74. The van der Waals surface area contributed by atoms with Crippen molar-refractivity contribution < 1.29 is 31.1 Å². The molecule has 1 aliphatic rings. The van der Waals surface area contributed by atoms with Gasteiger partial charge >= 0.3 is 12.4 Å². The number of piperidine rings is 1. The van der Waals surface area contributed by atoms with Gasteiger partial charge in [-0.25, -0.2) is 0 Å². The molecule has 0 spiro atoms. The molecular weight excluding hydrogens is 422 g/mol. The van der Waals surface area contributed by atoms with Crippen molar-refractivity contribution in [1.29, 1.82) is 0 Å². The molecule has 1 saturated heterocycles. The van der Waals surface area contributed by atoms with Gasteiger partial charge in [0.1, 0.15) is 0 Å². The minimum Gasteiger partial charge on any atom is -0.372 e. The highest BCUT2D eigenvalue weighted by Crippen LogP contribution is 2.38. The van der Waals surface area contributed by atoms with Crippen molar-refractivity contribution in [1.82, 2.24) is 5.32 Å². The number of hydrogen-bond acceptors (Lipinski definition) is 3. The first-order valence-corrected chi connectivity index (χ1v) is 9.88. The van der Waals surface area contributed by atoms with Crippen molar-refractivity contribution in [2.24, 2.45) is 5.73 Å². The molecule has 1 fully saturated rings. The Labute approximate surface area is 176 Å². The van der Waals surface area contributed by atoms with E-state index in [1.807, 2.05) is 30.3 Å². The van der Waals surface area contributed by atoms with Crippen molar-refractivity contribution in [3.63, 3.8) is 0 Å². The van der Waals surface area contributed by atoms with Crippen LogP contribution >= 0.6 is 0 Å². The largest absolute Gasteiger partial charge is 0.416 e. The molecule has 0 amide bonds. The smallest absolute Gasteiger partial charge is 0.372 e. The van der Waals surface area contributed by atoms with Crippen LogP contribution in [-0.2, 0) is 22.6 Å². The van der Waals surface area contributed by atoms with E-state index >= 15 is 0 Å². The fraction of sp³-hybridized carbons (Fsp3) is 0.455. The summed E-state index contributed by atoms with van der Waals surface area (Å²) in [5.74, 6) is 0. The van der Waals surface area contributed by atoms with E-state index in [1.165, 1.54) is 6.92 Å². The molecule has 0 bridgehead atoms. The van der Waals surface area contributed by atoms with Crippen molar-refractivity contribution in [3.8, 4) is 0 Å². The van der Waals surface area contributed by atoms with E-state index in [-0.39, 0.29) is 24.3 Å². The molecule has 0 saturated carbocycles. The number of hydrogen-bond donors (Lipinski definition) is 2. The number of rotatable bonds is 5. The van der Waals surface area contributed by atoms with Crippen LogP contribution in [0.4, 0.5) is 26.3 Å². The van der Waals surface area contributed by atoms with Crippen LogP contribution in [0.25, 0.3) is 0 Å². The van der Waals surface area contributed by atoms with Gasteiger partial charge in [-0.3, -0.25) is 0 Å². The van der Waals surface area contributed by atoms with Crippen LogP contribution in [-0.4, -0.2) is 19.2 Å². The van der Waals surface area contributed by atoms with Gasteiger partial charge < -0.3 is 15.8 Å². The van der Waals surface area contributed by atoms with Gasteiger partial charge in [-0.15, -0.1) is 0 Å². The summed E-state index contributed by atoms with van der Waals surface area (Å²) in [6.45, 7) is 2.04. The summed E-state index contributed by atoms with van der Waals surface area (Å²) in [7, 11) is 0. The molecule has 9 heteroatoms. The van der Waals surface area contributed by atoms with Crippen LogP contribution in [0.3, 0.4) is 0 Å². The first kappa shape index (κ1) is 23.6. The topological polar surface area (TPSA) is 47.3 Å². The van der Waals surface area contributed by atoms with Crippen LogP contribution < -0.4 is 11.1 Å². The number of benzene rings is 2. The van der Waals surface area contributed by atoms with Crippen LogP contribution in [0.1, 0.15) is 48.1 Å². The molecule has 3 rings (SSSR count). The van der Waals surface area contributed by atoms with E-state index in [4.69, 9.17) is 10.5 Å². The Morgan fingerprint density at radius 1 is 1.03 bits per heavy atom. The second-order valence-electron chi connectivity index (χ2n) is 7.92. The second-order valence-corrected chi connectivity index (χ2v) is 7.92. The van der Waals surface area contributed by atoms with E-state index in [9.17, 15) is 26.3 Å². The first-order valence-electron chi connectivity index (χ1n) is 9.88. The number of nitrogens with one attached hydrogen (secondary N) is 1. The highest BCUT2D eigenvalue weighted by molar-refractivity contribution is 5.35. The summed E-state index contributed by atoms with van der Waals surface area (Å²) in [5.41, 5.74) is 3.39. The van der Waals surface area contributed by atoms with Crippen molar-refractivity contribution >= 4 is 0 Å². The molecule has 0 aliphatic carbocycles. The average molecular weight is 446 g/mol. The molecule has 1 heterocycles. The molecule has 31 heavy (non-hydrogen) atoms. The van der Waals surface area contributed by atoms with E-state index in [0.717, 1.165) is 5.56 Å². The summed E-state index contributed by atoms with van der Waals surface area (Å²) < 4.78 is 84.8. The van der Waals surface area contributed by atoms with E-state index in [2.05, 4.69) is 5.32 Å². The van der Waals surface area contributed by atoms with Crippen LogP contribution in [0.5, 0.6) is 0 Å².